The third kappa shape index (κ3) is 5.85. The van der Waals surface area contributed by atoms with E-state index in [-0.39, 0.29) is 24.9 Å². The van der Waals surface area contributed by atoms with E-state index in [2.05, 4.69) is 0 Å². The predicted molar refractivity (Wildman–Crippen MR) is 42.6 cm³/mol. The van der Waals surface area contributed by atoms with E-state index in [0.29, 0.717) is 6.42 Å². The molecule has 0 radical (unpaired) electrons. The Morgan fingerprint density at radius 2 is 2.08 bits per heavy atom. The Bertz CT molecular complexity index is 164. The molecule has 70 valence electrons. The number of rotatable bonds is 5. The van der Waals surface area contributed by atoms with Crippen LogP contribution in [0.2, 0.25) is 0 Å². The molecule has 0 amide bonds. The summed E-state index contributed by atoms with van der Waals surface area (Å²) >= 11 is 0. The number of Topliss-reactive ketones (excluding diaryl/α,β-unsaturated/α-hetero) is 1. The fourth-order valence-electron chi connectivity index (χ4n) is 0.710. The van der Waals surface area contributed by atoms with E-state index >= 15 is 0 Å². The van der Waals surface area contributed by atoms with Crippen LogP contribution in [0.4, 0.5) is 0 Å². The van der Waals surface area contributed by atoms with Crippen LogP contribution >= 0.6 is 0 Å². The molecule has 0 saturated heterocycles. The maximum atomic E-state index is 10.8. The molecule has 0 aliphatic carbocycles. The summed E-state index contributed by atoms with van der Waals surface area (Å²) in [6, 6.07) is 0. The summed E-state index contributed by atoms with van der Waals surface area (Å²) < 4.78 is 4.78. The van der Waals surface area contributed by atoms with E-state index in [1.807, 2.05) is 0 Å². The minimum Gasteiger partial charge on any atom is -0.462 e. The number of hydrogen-bond donors (Lipinski definition) is 1. The lowest BCUT2D eigenvalue weighted by atomic mass is 10.3. The van der Waals surface area contributed by atoms with Crippen LogP contribution in [0.15, 0.2) is 0 Å². The van der Waals surface area contributed by atoms with Gasteiger partial charge in [0.05, 0.1) is 0 Å². The van der Waals surface area contributed by atoms with Gasteiger partial charge >= 0.3 is 5.97 Å². The van der Waals surface area contributed by atoms with Gasteiger partial charge in [-0.3, -0.25) is 9.59 Å². The molecule has 1 atom stereocenters. The number of ether oxygens (including phenoxy) is 1. The van der Waals surface area contributed by atoms with Crippen molar-refractivity contribution in [2.45, 2.75) is 32.8 Å². The molecule has 0 aliphatic heterocycles. The molecule has 0 rings (SSSR count). The van der Waals surface area contributed by atoms with Crippen molar-refractivity contribution in [1.29, 1.82) is 0 Å². The Labute approximate surface area is 71.5 Å². The maximum absolute atomic E-state index is 10.8. The number of hydrogen-bond acceptors (Lipinski definition) is 4. The van der Waals surface area contributed by atoms with Crippen molar-refractivity contribution < 1.29 is 19.4 Å². The fraction of sp³-hybridized carbons (Fsp3) is 0.750. The third-order valence-corrected chi connectivity index (χ3v) is 1.26. The summed E-state index contributed by atoms with van der Waals surface area (Å²) in [7, 11) is 0. The van der Waals surface area contributed by atoms with Gasteiger partial charge in [-0.25, -0.2) is 0 Å². The first-order chi connectivity index (χ1) is 5.56. The van der Waals surface area contributed by atoms with Crippen LogP contribution in [0.1, 0.15) is 26.7 Å². The van der Waals surface area contributed by atoms with E-state index < -0.39 is 5.97 Å². The molecule has 4 heteroatoms. The van der Waals surface area contributed by atoms with Crippen molar-refractivity contribution in [2.24, 2.45) is 0 Å². The molecule has 0 spiro atoms. The zero-order chi connectivity index (χ0) is 9.56. The molecular formula is C8H14O4. The average molecular weight is 174 g/mol. The molecule has 1 unspecified atom stereocenters. The summed E-state index contributed by atoms with van der Waals surface area (Å²) in [5.41, 5.74) is 0. The third-order valence-electron chi connectivity index (χ3n) is 1.26. The molecule has 0 aromatic carbocycles. The van der Waals surface area contributed by atoms with Crippen LogP contribution in [0.5, 0.6) is 0 Å². The molecule has 0 aromatic rings. The number of carbonyl (C=O) groups is 2. The SMILES string of the molecule is CC(=O)CC(=O)OC(C)CCO. The molecule has 4 nitrogen and oxygen atoms in total. The Balaban J connectivity index is 3.61. The van der Waals surface area contributed by atoms with Gasteiger partial charge in [0.25, 0.3) is 0 Å². The lowest BCUT2D eigenvalue weighted by Gasteiger charge is -2.10. The van der Waals surface area contributed by atoms with Crippen LogP contribution < -0.4 is 0 Å². The van der Waals surface area contributed by atoms with Gasteiger partial charge in [-0.1, -0.05) is 0 Å². The number of aliphatic hydroxyl groups is 1. The van der Waals surface area contributed by atoms with Crippen molar-refractivity contribution in [3.05, 3.63) is 0 Å². The molecule has 0 aliphatic rings. The number of aliphatic hydroxyl groups excluding tert-OH is 1. The van der Waals surface area contributed by atoms with Crippen LogP contribution in [-0.2, 0) is 14.3 Å². The molecule has 0 bridgehead atoms. The highest BCUT2D eigenvalue weighted by Gasteiger charge is 2.10. The highest BCUT2D eigenvalue weighted by Crippen LogP contribution is 1.98. The molecular weight excluding hydrogens is 160 g/mol. The van der Waals surface area contributed by atoms with Crippen LogP contribution in [0.25, 0.3) is 0 Å². The topological polar surface area (TPSA) is 63.6 Å². The van der Waals surface area contributed by atoms with Crippen molar-refractivity contribution >= 4 is 11.8 Å². The van der Waals surface area contributed by atoms with Crippen molar-refractivity contribution in [1.82, 2.24) is 0 Å². The van der Waals surface area contributed by atoms with Gasteiger partial charge < -0.3 is 9.84 Å². The summed E-state index contributed by atoms with van der Waals surface area (Å²) in [6.45, 7) is 2.99. The normalized spacial score (nSPS) is 12.2. The second-order valence-electron chi connectivity index (χ2n) is 2.69. The van der Waals surface area contributed by atoms with Gasteiger partial charge in [0.15, 0.2) is 0 Å². The fourth-order valence-corrected chi connectivity index (χ4v) is 0.710. The van der Waals surface area contributed by atoms with Gasteiger partial charge in [0.2, 0.25) is 0 Å². The van der Waals surface area contributed by atoms with E-state index in [0.717, 1.165) is 0 Å². The van der Waals surface area contributed by atoms with Crippen LogP contribution in [-0.4, -0.2) is 29.6 Å². The Morgan fingerprint density at radius 3 is 2.50 bits per heavy atom. The quantitative estimate of drug-likeness (QED) is 0.480. The van der Waals surface area contributed by atoms with E-state index in [9.17, 15) is 9.59 Å². The first kappa shape index (κ1) is 11.1. The first-order valence-corrected chi connectivity index (χ1v) is 3.86. The van der Waals surface area contributed by atoms with Gasteiger partial charge in [-0.2, -0.15) is 0 Å². The average Bonchev–Trinajstić information content (AvgIpc) is 1.84. The second kappa shape index (κ2) is 5.71. The number of esters is 1. The van der Waals surface area contributed by atoms with Crippen LogP contribution in [0.3, 0.4) is 0 Å². The second-order valence-corrected chi connectivity index (χ2v) is 2.69. The molecule has 0 aromatic heterocycles. The molecule has 0 heterocycles. The van der Waals surface area contributed by atoms with Crippen molar-refractivity contribution in [3.8, 4) is 0 Å². The largest absolute Gasteiger partial charge is 0.462 e. The van der Waals surface area contributed by atoms with E-state index in [4.69, 9.17) is 9.84 Å². The minimum atomic E-state index is -0.525. The van der Waals surface area contributed by atoms with Crippen molar-refractivity contribution in [2.75, 3.05) is 6.61 Å². The Kier molecular flexibility index (Phi) is 5.28. The van der Waals surface area contributed by atoms with Crippen LogP contribution in [0, 0.1) is 0 Å². The van der Waals surface area contributed by atoms with Gasteiger partial charge in [-0.05, 0) is 13.8 Å². The predicted octanol–water partition coefficient (Wildman–Crippen LogP) is 0.280. The summed E-state index contributed by atoms with van der Waals surface area (Å²) in [4.78, 5) is 21.3. The van der Waals surface area contributed by atoms with Gasteiger partial charge in [0, 0.05) is 13.0 Å². The first-order valence-electron chi connectivity index (χ1n) is 3.86. The highest BCUT2D eigenvalue weighted by molar-refractivity contribution is 5.94. The number of carbonyl (C=O) groups excluding carboxylic acids is 2. The summed E-state index contributed by atoms with van der Waals surface area (Å²) in [6.07, 6.45) is -0.0961. The lowest BCUT2D eigenvalue weighted by Crippen LogP contribution is -2.17. The van der Waals surface area contributed by atoms with E-state index in [1.165, 1.54) is 6.92 Å². The summed E-state index contributed by atoms with van der Waals surface area (Å²) in [5, 5.41) is 8.47. The molecule has 1 N–H and O–H groups in total. The van der Waals surface area contributed by atoms with E-state index in [1.54, 1.807) is 6.92 Å². The lowest BCUT2D eigenvalue weighted by molar-refractivity contribution is -0.150. The number of ketones is 1. The smallest absolute Gasteiger partial charge is 0.313 e. The maximum Gasteiger partial charge on any atom is 0.313 e. The standard InChI is InChI=1S/C8H14O4/c1-6(10)5-8(11)12-7(2)3-4-9/h7,9H,3-5H2,1-2H3. The Hall–Kier alpha value is -0.900. The van der Waals surface area contributed by atoms with Gasteiger partial charge in [0.1, 0.15) is 18.3 Å². The molecule has 0 saturated carbocycles. The van der Waals surface area contributed by atoms with Crippen molar-refractivity contribution in [3.63, 3.8) is 0 Å². The summed E-state index contributed by atoms with van der Waals surface area (Å²) in [5.74, 6) is -0.736. The zero-order valence-corrected chi connectivity index (χ0v) is 7.37. The zero-order valence-electron chi connectivity index (χ0n) is 7.37. The molecule has 12 heavy (non-hydrogen) atoms. The monoisotopic (exact) mass is 174 g/mol. The highest BCUT2D eigenvalue weighted by atomic mass is 16.5. The Morgan fingerprint density at radius 1 is 1.50 bits per heavy atom. The van der Waals surface area contributed by atoms with Gasteiger partial charge in [-0.15, -0.1) is 0 Å². The molecule has 0 fully saturated rings. The minimum absolute atomic E-state index is 0.0193.